The van der Waals surface area contributed by atoms with Crippen LogP contribution < -0.4 is 5.32 Å². The van der Waals surface area contributed by atoms with E-state index in [4.69, 9.17) is 21.1 Å². The zero-order valence-electron chi connectivity index (χ0n) is 12.0. The lowest BCUT2D eigenvalue weighted by Crippen LogP contribution is -2.40. The van der Waals surface area contributed by atoms with Gasteiger partial charge in [-0.1, -0.05) is 11.6 Å². The highest BCUT2D eigenvalue weighted by atomic mass is 35.5. The molecule has 1 fully saturated rings. The Kier molecular flexibility index (Phi) is 4.55. The van der Waals surface area contributed by atoms with Crippen molar-refractivity contribution in [3.05, 3.63) is 28.8 Å². The van der Waals surface area contributed by atoms with Crippen LogP contribution in [-0.2, 0) is 9.47 Å². The van der Waals surface area contributed by atoms with Gasteiger partial charge in [0.1, 0.15) is 0 Å². The molecule has 1 aromatic rings. The number of hydrogen-bond donors (Lipinski definition) is 1. The molecule has 0 radical (unpaired) electrons. The summed E-state index contributed by atoms with van der Waals surface area (Å²) in [6.45, 7) is 4.87. The minimum atomic E-state index is -0.364. The monoisotopic (exact) mass is 297 g/mol. The first-order chi connectivity index (χ1) is 9.41. The number of anilines is 1. The predicted molar refractivity (Wildman–Crippen MR) is 79.5 cm³/mol. The molecule has 20 heavy (non-hydrogen) atoms. The molecular weight excluding hydrogens is 278 g/mol. The van der Waals surface area contributed by atoms with Gasteiger partial charge < -0.3 is 14.8 Å². The van der Waals surface area contributed by atoms with Gasteiger partial charge in [-0.25, -0.2) is 4.79 Å². The molecule has 0 amide bonds. The summed E-state index contributed by atoms with van der Waals surface area (Å²) in [7, 11) is 1.37. The third-order valence-electron chi connectivity index (χ3n) is 3.44. The quantitative estimate of drug-likeness (QED) is 0.868. The van der Waals surface area contributed by atoms with E-state index < -0.39 is 0 Å². The number of carbonyl (C=O) groups is 1. The van der Waals surface area contributed by atoms with Crippen LogP contribution in [0.25, 0.3) is 0 Å². The fourth-order valence-electron chi connectivity index (χ4n) is 2.46. The smallest absolute Gasteiger partial charge is 0.337 e. The van der Waals surface area contributed by atoms with Crippen molar-refractivity contribution in [1.82, 2.24) is 0 Å². The number of ether oxygens (including phenoxy) is 2. The molecule has 5 heteroatoms. The van der Waals surface area contributed by atoms with Crippen LogP contribution in [0, 0.1) is 0 Å². The summed E-state index contributed by atoms with van der Waals surface area (Å²) in [5.74, 6) is -0.364. The minimum absolute atomic E-state index is 0.137. The van der Waals surface area contributed by atoms with Crippen molar-refractivity contribution in [2.75, 3.05) is 19.0 Å². The van der Waals surface area contributed by atoms with Crippen molar-refractivity contribution in [3.8, 4) is 0 Å². The topological polar surface area (TPSA) is 47.6 Å². The summed E-state index contributed by atoms with van der Waals surface area (Å²) < 4.78 is 10.4. The van der Waals surface area contributed by atoms with Gasteiger partial charge in [0.25, 0.3) is 0 Å². The van der Waals surface area contributed by atoms with E-state index in [9.17, 15) is 4.79 Å². The third kappa shape index (κ3) is 3.64. The van der Waals surface area contributed by atoms with E-state index in [1.54, 1.807) is 18.2 Å². The van der Waals surface area contributed by atoms with Gasteiger partial charge in [0, 0.05) is 12.6 Å². The van der Waals surface area contributed by atoms with Gasteiger partial charge in [-0.2, -0.15) is 0 Å². The van der Waals surface area contributed by atoms with Crippen molar-refractivity contribution in [2.45, 2.75) is 38.3 Å². The number of esters is 1. The third-order valence-corrected chi connectivity index (χ3v) is 3.77. The van der Waals surface area contributed by atoms with Gasteiger partial charge in [0.05, 0.1) is 29.0 Å². The highest BCUT2D eigenvalue weighted by Crippen LogP contribution is 2.30. The summed E-state index contributed by atoms with van der Waals surface area (Å²) in [6.07, 6.45) is 1.81. The zero-order chi connectivity index (χ0) is 14.8. The van der Waals surface area contributed by atoms with E-state index in [-0.39, 0.29) is 17.6 Å². The van der Waals surface area contributed by atoms with E-state index in [0.717, 1.165) is 25.1 Å². The molecule has 4 nitrogen and oxygen atoms in total. The molecule has 1 aliphatic rings. The van der Waals surface area contributed by atoms with Crippen molar-refractivity contribution in [2.24, 2.45) is 0 Å². The number of carbonyl (C=O) groups excluding carboxylic acids is 1. The van der Waals surface area contributed by atoms with Gasteiger partial charge in [-0.05, 0) is 44.9 Å². The molecule has 0 aromatic heterocycles. The maximum Gasteiger partial charge on any atom is 0.337 e. The number of methoxy groups -OCH3 is 1. The van der Waals surface area contributed by atoms with Crippen LogP contribution in [0.2, 0.25) is 5.02 Å². The molecule has 2 rings (SSSR count). The van der Waals surface area contributed by atoms with Crippen LogP contribution in [-0.4, -0.2) is 31.3 Å². The molecule has 1 N–H and O–H groups in total. The number of hydrogen-bond acceptors (Lipinski definition) is 4. The van der Waals surface area contributed by atoms with Gasteiger partial charge in [-0.3, -0.25) is 0 Å². The normalized spacial score (nSPS) is 21.3. The molecule has 110 valence electrons. The number of benzene rings is 1. The summed E-state index contributed by atoms with van der Waals surface area (Å²) in [6, 6.07) is 5.38. The van der Waals surface area contributed by atoms with Gasteiger partial charge in [0.15, 0.2) is 0 Å². The van der Waals surface area contributed by atoms with Crippen molar-refractivity contribution in [3.63, 3.8) is 0 Å². The van der Waals surface area contributed by atoms with E-state index >= 15 is 0 Å². The first-order valence-corrected chi connectivity index (χ1v) is 7.07. The fourth-order valence-corrected chi connectivity index (χ4v) is 2.63. The molecule has 1 saturated heterocycles. The molecule has 0 spiro atoms. The highest BCUT2D eigenvalue weighted by Gasteiger charge is 2.29. The standard InChI is InChI=1S/C15H20ClNO3/c1-15(2)9-11(6-7-20-15)17-13-8-10(14(18)19-3)4-5-12(13)16/h4-5,8,11,17H,6-7,9H2,1-3H3. The van der Waals surface area contributed by atoms with Crippen LogP contribution in [0.15, 0.2) is 18.2 Å². The molecule has 1 atom stereocenters. The Morgan fingerprint density at radius 1 is 1.50 bits per heavy atom. The first-order valence-electron chi connectivity index (χ1n) is 6.70. The number of rotatable bonds is 3. The maximum absolute atomic E-state index is 11.6. The molecule has 0 saturated carbocycles. The Morgan fingerprint density at radius 2 is 2.25 bits per heavy atom. The SMILES string of the molecule is COC(=O)c1ccc(Cl)c(NC2CCOC(C)(C)C2)c1. The summed E-state index contributed by atoms with van der Waals surface area (Å²) in [4.78, 5) is 11.6. The largest absolute Gasteiger partial charge is 0.465 e. The molecule has 1 heterocycles. The molecule has 0 aliphatic carbocycles. The average molecular weight is 298 g/mol. The molecule has 1 unspecified atom stereocenters. The predicted octanol–water partition coefficient (Wildman–Crippen LogP) is 3.50. The van der Waals surface area contributed by atoms with Crippen LogP contribution in [0.3, 0.4) is 0 Å². The van der Waals surface area contributed by atoms with Crippen LogP contribution in [0.4, 0.5) is 5.69 Å². The number of nitrogens with one attached hydrogen (secondary N) is 1. The second kappa shape index (κ2) is 6.02. The van der Waals surface area contributed by atoms with Crippen molar-refractivity contribution in [1.29, 1.82) is 0 Å². The van der Waals surface area contributed by atoms with E-state index in [1.807, 2.05) is 0 Å². The second-order valence-corrected chi connectivity index (χ2v) is 6.04. The fraction of sp³-hybridized carbons (Fsp3) is 0.533. The lowest BCUT2D eigenvalue weighted by molar-refractivity contribution is -0.0553. The summed E-state index contributed by atoms with van der Waals surface area (Å²) >= 11 is 6.19. The highest BCUT2D eigenvalue weighted by molar-refractivity contribution is 6.33. The van der Waals surface area contributed by atoms with Crippen LogP contribution >= 0.6 is 11.6 Å². The van der Waals surface area contributed by atoms with E-state index in [2.05, 4.69) is 19.2 Å². The summed E-state index contributed by atoms with van der Waals surface area (Å²) in [5, 5.41) is 4.00. The van der Waals surface area contributed by atoms with Crippen LogP contribution in [0.5, 0.6) is 0 Å². The van der Waals surface area contributed by atoms with Gasteiger partial charge in [-0.15, -0.1) is 0 Å². The van der Waals surface area contributed by atoms with Crippen molar-refractivity contribution < 1.29 is 14.3 Å². The molecule has 1 aliphatic heterocycles. The van der Waals surface area contributed by atoms with E-state index in [0.29, 0.717) is 10.6 Å². The van der Waals surface area contributed by atoms with Crippen LogP contribution in [0.1, 0.15) is 37.0 Å². The number of halogens is 1. The molecule has 0 bridgehead atoms. The zero-order valence-corrected chi connectivity index (χ0v) is 12.8. The maximum atomic E-state index is 11.6. The molecular formula is C15H20ClNO3. The Hall–Kier alpha value is -1.26. The summed E-state index contributed by atoms with van der Waals surface area (Å²) in [5.41, 5.74) is 1.12. The Labute approximate surface area is 124 Å². The van der Waals surface area contributed by atoms with Gasteiger partial charge in [0.2, 0.25) is 0 Å². The van der Waals surface area contributed by atoms with E-state index in [1.165, 1.54) is 7.11 Å². The molecule has 1 aromatic carbocycles. The lowest BCUT2D eigenvalue weighted by atomic mass is 9.93. The first kappa shape index (κ1) is 15.1. The minimum Gasteiger partial charge on any atom is -0.465 e. The second-order valence-electron chi connectivity index (χ2n) is 5.63. The Balaban J connectivity index is 2.14. The lowest BCUT2D eigenvalue weighted by Gasteiger charge is -2.36. The van der Waals surface area contributed by atoms with Gasteiger partial charge >= 0.3 is 5.97 Å². The Bertz CT molecular complexity index is 502. The average Bonchev–Trinajstić information content (AvgIpc) is 2.39. The van der Waals surface area contributed by atoms with Crippen molar-refractivity contribution >= 4 is 23.3 Å². The Morgan fingerprint density at radius 3 is 2.90 bits per heavy atom.